The average Bonchev–Trinajstić information content (AvgIpc) is 3.13. The van der Waals surface area contributed by atoms with Gasteiger partial charge in [-0.15, -0.1) is 0 Å². The summed E-state index contributed by atoms with van der Waals surface area (Å²) < 4.78 is 5.51. The molecule has 0 radical (unpaired) electrons. The highest BCUT2D eigenvalue weighted by atomic mass is 16.5. The number of hydrogen-bond acceptors (Lipinski definition) is 3. The van der Waals surface area contributed by atoms with Crippen molar-refractivity contribution >= 4 is 11.8 Å². The van der Waals surface area contributed by atoms with E-state index in [2.05, 4.69) is 12.2 Å². The maximum Gasteiger partial charge on any atom is 0.253 e. The molecule has 5 nitrogen and oxygen atoms in total. The van der Waals surface area contributed by atoms with Crippen molar-refractivity contribution in [1.29, 1.82) is 0 Å². The van der Waals surface area contributed by atoms with Crippen LogP contribution < -0.4 is 5.32 Å². The summed E-state index contributed by atoms with van der Waals surface area (Å²) in [5.74, 6) is 0.562. The number of likely N-dealkylation sites (tertiary alicyclic amines) is 1. The van der Waals surface area contributed by atoms with E-state index in [0.29, 0.717) is 23.6 Å². The molecule has 1 N–H and O–H groups in total. The van der Waals surface area contributed by atoms with Crippen molar-refractivity contribution in [2.24, 2.45) is 5.92 Å². The molecule has 1 aromatic rings. The number of benzene rings is 1. The Morgan fingerprint density at radius 1 is 1.21 bits per heavy atom. The van der Waals surface area contributed by atoms with Crippen LogP contribution in [0.4, 0.5) is 0 Å². The van der Waals surface area contributed by atoms with Gasteiger partial charge in [0.05, 0.1) is 6.10 Å². The summed E-state index contributed by atoms with van der Waals surface area (Å²) >= 11 is 0. The number of piperidine rings is 1. The molecule has 2 heterocycles. The molecule has 0 saturated carbocycles. The molecule has 1 aromatic carbocycles. The number of hydrogen-bond donors (Lipinski definition) is 1. The molecule has 2 aliphatic heterocycles. The number of nitrogens with zero attached hydrogens (tertiary/aromatic N) is 1. The van der Waals surface area contributed by atoms with E-state index in [0.717, 1.165) is 45.4 Å². The molecule has 130 valence electrons. The maximum atomic E-state index is 12.6. The zero-order valence-corrected chi connectivity index (χ0v) is 14.3. The molecule has 0 aromatic heterocycles. The van der Waals surface area contributed by atoms with Gasteiger partial charge in [-0.1, -0.05) is 13.0 Å². The number of ether oxygens (including phenoxy) is 1. The van der Waals surface area contributed by atoms with Gasteiger partial charge in [0.2, 0.25) is 0 Å². The van der Waals surface area contributed by atoms with Gasteiger partial charge in [-0.05, 0) is 49.8 Å². The van der Waals surface area contributed by atoms with Crippen molar-refractivity contribution in [3.8, 4) is 0 Å². The summed E-state index contributed by atoms with van der Waals surface area (Å²) in [6.07, 6.45) is 4.26. The lowest BCUT2D eigenvalue weighted by Crippen LogP contribution is -2.38. The molecule has 0 spiro atoms. The van der Waals surface area contributed by atoms with Gasteiger partial charge in [0.15, 0.2) is 0 Å². The minimum absolute atomic E-state index is 0.0238. The summed E-state index contributed by atoms with van der Waals surface area (Å²) in [7, 11) is 0. The van der Waals surface area contributed by atoms with Gasteiger partial charge in [0.25, 0.3) is 11.8 Å². The second-order valence-corrected chi connectivity index (χ2v) is 6.90. The zero-order valence-electron chi connectivity index (χ0n) is 14.3. The van der Waals surface area contributed by atoms with Gasteiger partial charge in [-0.25, -0.2) is 0 Å². The van der Waals surface area contributed by atoms with Crippen LogP contribution in [0.3, 0.4) is 0 Å². The molecule has 2 amide bonds. The number of amides is 2. The van der Waals surface area contributed by atoms with Crippen LogP contribution in [0.5, 0.6) is 0 Å². The van der Waals surface area contributed by atoms with E-state index in [4.69, 9.17) is 4.74 Å². The second kappa shape index (κ2) is 7.79. The van der Waals surface area contributed by atoms with Crippen LogP contribution in [0.2, 0.25) is 0 Å². The molecule has 0 aliphatic carbocycles. The molecule has 0 bridgehead atoms. The first-order chi connectivity index (χ1) is 11.6. The Morgan fingerprint density at radius 2 is 1.96 bits per heavy atom. The zero-order chi connectivity index (χ0) is 16.9. The summed E-state index contributed by atoms with van der Waals surface area (Å²) in [5, 5.41) is 2.90. The largest absolute Gasteiger partial charge is 0.376 e. The molecule has 1 unspecified atom stereocenters. The van der Waals surface area contributed by atoms with Crippen LogP contribution in [-0.4, -0.2) is 49.1 Å². The molecule has 2 fully saturated rings. The van der Waals surface area contributed by atoms with Crippen molar-refractivity contribution in [2.45, 2.75) is 38.7 Å². The van der Waals surface area contributed by atoms with Gasteiger partial charge in [-0.3, -0.25) is 9.59 Å². The number of carbonyl (C=O) groups is 2. The van der Waals surface area contributed by atoms with Gasteiger partial charge in [0.1, 0.15) is 0 Å². The Hall–Kier alpha value is -1.88. The predicted octanol–water partition coefficient (Wildman–Crippen LogP) is 2.47. The highest BCUT2D eigenvalue weighted by Gasteiger charge is 2.22. The quantitative estimate of drug-likeness (QED) is 0.922. The fraction of sp³-hybridized carbons (Fsp3) is 0.579. The first kappa shape index (κ1) is 17.0. The Balaban J connectivity index is 1.60. The highest BCUT2D eigenvalue weighted by Crippen LogP contribution is 2.19. The minimum Gasteiger partial charge on any atom is -0.376 e. The van der Waals surface area contributed by atoms with Gasteiger partial charge < -0.3 is 15.0 Å². The summed E-state index contributed by atoms with van der Waals surface area (Å²) in [6, 6.07) is 7.02. The van der Waals surface area contributed by atoms with Crippen LogP contribution in [0.1, 0.15) is 53.3 Å². The lowest BCUT2D eigenvalue weighted by molar-refractivity contribution is 0.0697. The van der Waals surface area contributed by atoms with Crippen LogP contribution in [0.15, 0.2) is 24.3 Å². The molecule has 3 rings (SSSR count). The molecular weight excluding hydrogens is 304 g/mol. The highest BCUT2D eigenvalue weighted by molar-refractivity contribution is 5.99. The van der Waals surface area contributed by atoms with E-state index in [1.165, 1.54) is 0 Å². The minimum atomic E-state index is -0.146. The number of nitrogens with one attached hydrogen (secondary N) is 1. The monoisotopic (exact) mass is 330 g/mol. The van der Waals surface area contributed by atoms with E-state index < -0.39 is 0 Å². The lowest BCUT2D eigenvalue weighted by atomic mass is 9.98. The summed E-state index contributed by atoms with van der Waals surface area (Å²) in [4.78, 5) is 26.8. The fourth-order valence-corrected chi connectivity index (χ4v) is 3.30. The number of carbonyl (C=O) groups excluding carboxylic acids is 2. The van der Waals surface area contributed by atoms with E-state index >= 15 is 0 Å². The molecule has 5 heteroatoms. The molecule has 2 saturated heterocycles. The van der Waals surface area contributed by atoms with E-state index in [1.807, 2.05) is 4.90 Å². The van der Waals surface area contributed by atoms with Crippen LogP contribution >= 0.6 is 0 Å². The topological polar surface area (TPSA) is 58.6 Å². The van der Waals surface area contributed by atoms with E-state index in [1.54, 1.807) is 24.3 Å². The average molecular weight is 330 g/mol. The molecule has 1 atom stereocenters. The second-order valence-electron chi connectivity index (χ2n) is 6.90. The first-order valence-corrected chi connectivity index (χ1v) is 8.92. The third-order valence-corrected chi connectivity index (χ3v) is 4.96. The third kappa shape index (κ3) is 4.15. The Kier molecular flexibility index (Phi) is 5.51. The fourth-order valence-electron chi connectivity index (χ4n) is 3.30. The van der Waals surface area contributed by atoms with Crippen molar-refractivity contribution in [3.05, 3.63) is 35.4 Å². The van der Waals surface area contributed by atoms with Crippen LogP contribution in [0.25, 0.3) is 0 Å². The van der Waals surface area contributed by atoms with E-state index in [-0.39, 0.29) is 17.9 Å². The maximum absolute atomic E-state index is 12.6. The normalized spacial score (nSPS) is 21.7. The Labute approximate surface area is 143 Å². The van der Waals surface area contributed by atoms with Crippen molar-refractivity contribution < 1.29 is 14.3 Å². The molecule has 24 heavy (non-hydrogen) atoms. The van der Waals surface area contributed by atoms with Crippen LogP contribution in [-0.2, 0) is 4.74 Å². The Bertz CT molecular complexity index is 588. The van der Waals surface area contributed by atoms with Gasteiger partial charge in [-0.2, -0.15) is 0 Å². The summed E-state index contributed by atoms with van der Waals surface area (Å²) in [6.45, 7) is 5.13. The SMILES string of the molecule is CC1CCN(C(=O)c2cccc(C(=O)NCC3CCCO3)c2)CC1. The van der Waals surface area contributed by atoms with Crippen molar-refractivity contribution in [3.63, 3.8) is 0 Å². The smallest absolute Gasteiger partial charge is 0.253 e. The third-order valence-electron chi connectivity index (χ3n) is 4.96. The predicted molar refractivity (Wildman–Crippen MR) is 92.1 cm³/mol. The van der Waals surface area contributed by atoms with Crippen molar-refractivity contribution in [2.75, 3.05) is 26.2 Å². The van der Waals surface area contributed by atoms with Crippen molar-refractivity contribution in [1.82, 2.24) is 10.2 Å². The van der Waals surface area contributed by atoms with Crippen LogP contribution in [0, 0.1) is 5.92 Å². The lowest BCUT2D eigenvalue weighted by Gasteiger charge is -2.30. The summed E-state index contributed by atoms with van der Waals surface area (Å²) in [5.41, 5.74) is 1.12. The first-order valence-electron chi connectivity index (χ1n) is 8.92. The Morgan fingerprint density at radius 3 is 2.67 bits per heavy atom. The molecule has 2 aliphatic rings. The number of rotatable bonds is 4. The van der Waals surface area contributed by atoms with Gasteiger partial charge >= 0.3 is 0 Å². The van der Waals surface area contributed by atoms with Gasteiger partial charge in [0, 0.05) is 37.4 Å². The molecular formula is C19H26N2O3. The van der Waals surface area contributed by atoms with E-state index in [9.17, 15) is 9.59 Å². The standard InChI is InChI=1S/C19H26N2O3/c1-14-7-9-21(10-8-14)19(23)16-5-2-4-15(12-16)18(22)20-13-17-6-3-11-24-17/h2,4-5,12,14,17H,3,6-11,13H2,1H3,(H,20,22).